The second kappa shape index (κ2) is 5.85. The first-order valence-electron chi connectivity index (χ1n) is 6.56. The molecule has 0 atom stereocenters. The van der Waals surface area contributed by atoms with Gasteiger partial charge in [-0.15, -0.1) is 0 Å². The quantitative estimate of drug-likeness (QED) is 0.800. The first-order chi connectivity index (χ1) is 10.3. The van der Waals surface area contributed by atoms with Gasteiger partial charge in [0.1, 0.15) is 5.82 Å². The molecule has 0 aliphatic rings. The van der Waals surface area contributed by atoms with Crippen molar-refractivity contribution in [2.45, 2.75) is 13.2 Å². The molecular formula is C16H14FN3O. The molecule has 0 aliphatic carbocycles. The van der Waals surface area contributed by atoms with E-state index in [0.717, 1.165) is 16.8 Å². The molecule has 0 saturated heterocycles. The van der Waals surface area contributed by atoms with Crippen LogP contribution in [0.1, 0.15) is 11.1 Å². The molecule has 4 nitrogen and oxygen atoms in total. The average molecular weight is 283 g/mol. The molecule has 2 aromatic heterocycles. The number of halogens is 1. The zero-order valence-electron chi connectivity index (χ0n) is 11.3. The van der Waals surface area contributed by atoms with Gasteiger partial charge in [-0.05, 0) is 29.8 Å². The van der Waals surface area contributed by atoms with Crippen molar-refractivity contribution in [2.75, 3.05) is 0 Å². The molecule has 3 rings (SSSR count). The van der Waals surface area contributed by atoms with E-state index < -0.39 is 5.82 Å². The van der Waals surface area contributed by atoms with Crippen LogP contribution in [0.2, 0.25) is 0 Å². The zero-order chi connectivity index (χ0) is 14.7. The summed E-state index contributed by atoms with van der Waals surface area (Å²) >= 11 is 0. The lowest BCUT2D eigenvalue weighted by Gasteiger charge is -2.06. The highest BCUT2D eigenvalue weighted by atomic mass is 19.1. The standard InChI is InChI=1S/C16H14FN3O/c17-15-3-2-13(7-14(15)10-21)16-4-1-12(8-19-16)9-20-6-5-18-11-20/h1-8,11,21H,9-10H2. The largest absolute Gasteiger partial charge is 0.392 e. The first-order valence-corrected chi connectivity index (χ1v) is 6.56. The second-order valence-corrected chi connectivity index (χ2v) is 4.75. The molecule has 2 heterocycles. The minimum atomic E-state index is -0.405. The fraction of sp³-hybridized carbons (Fsp3) is 0.125. The molecular weight excluding hydrogens is 269 g/mol. The van der Waals surface area contributed by atoms with Crippen molar-refractivity contribution in [1.82, 2.24) is 14.5 Å². The Kier molecular flexibility index (Phi) is 3.75. The van der Waals surface area contributed by atoms with Gasteiger partial charge >= 0.3 is 0 Å². The summed E-state index contributed by atoms with van der Waals surface area (Å²) in [5.74, 6) is -0.405. The van der Waals surface area contributed by atoms with Gasteiger partial charge in [0.2, 0.25) is 0 Å². The average Bonchev–Trinajstić information content (AvgIpc) is 3.02. The highest BCUT2D eigenvalue weighted by Crippen LogP contribution is 2.20. The number of imidazole rings is 1. The molecule has 0 radical (unpaired) electrons. The molecule has 3 aromatic rings. The molecule has 1 N–H and O–H groups in total. The Morgan fingerprint density at radius 3 is 2.76 bits per heavy atom. The minimum Gasteiger partial charge on any atom is -0.392 e. The summed E-state index contributed by atoms with van der Waals surface area (Å²) in [5.41, 5.74) is 2.87. The SMILES string of the molecule is OCc1cc(-c2ccc(Cn3ccnc3)cn2)ccc1F. The van der Waals surface area contributed by atoms with Crippen LogP contribution in [-0.2, 0) is 13.2 Å². The summed E-state index contributed by atoms with van der Waals surface area (Å²) < 4.78 is 15.3. The van der Waals surface area contributed by atoms with E-state index in [0.29, 0.717) is 6.54 Å². The number of aliphatic hydroxyl groups excluding tert-OH is 1. The highest BCUT2D eigenvalue weighted by Gasteiger charge is 2.05. The normalized spacial score (nSPS) is 10.8. The number of rotatable bonds is 4. The van der Waals surface area contributed by atoms with E-state index >= 15 is 0 Å². The highest BCUT2D eigenvalue weighted by molar-refractivity contribution is 5.60. The smallest absolute Gasteiger partial charge is 0.128 e. The van der Waals surface area contributed by atoms with Crippen molar-refractivity contribution in [3.8, 4) is 11.3 Å². The summed E-state index contributed by atoms with van der Waals surface area (Å²) in [6, 6.07) is 8.49. The Hall–Kier alpha value is -2.53. The third kappa shape index (κ3) is 2.98. The number of benzene rings is 1. The van der Waals surface area contributed by atoms with Crippen LogP contribution in [0.25, 0.3) is 11.3 Å². The van der Waals surface area contributed by atoms with E-state index in [9.17, 15) is 4.39 Å². The maximum Gasteiger partial charge on any atom is 0.128 e. The molecule has 0 fully saturated rings. The molecule has 0 spiro atoms. The predicted molar refractivity (Wildman–Crippen MR) is 76.9 cm³/mol. The number of aliphatic hydroxyl groups is 1. The number of aromatic nitrogens is 3. The van der Waals surface area contributed by atoms with Gasteiger partial charge in [0.25, 0.3) is 0 Å². The lowest BCUT2D eigenvalue weighted by Crippen LogP contribution is -1.97. The number of nitrogens with zero attached hydrogens (tertiary/aromatic N) is 3. The monoisotopic (exact) mass is 283 g/mol. The summed E-state index contributed by atoms with van der Waals surface area (Å²) in [6.45, 7) is 0.386. The van der Waals surface area contributed by atoms with Crippen molar-refractivity contribution < 1.29 is 9.50 Å². The van der Waals surface area contributed by atoms with Gasteiger partial charge in [-0.3, -0.25) is 4.98 Å². The molecule has 0 aliphatic heterocycles. The van der Waals surface area contributed by atoms with Crippen LogP contribution < -0.4 is 0 Å². The Labute approximate surface area is 121 Å². The van der Waals surface area contributed by atoms with Gasteiger partial charge in [-0.25, -0.2) is 9.37 Å². The van der Waals surface area contributed by atoms with Crippen LogP contribution in [0.15, 0.2) is 55.2 Å². The molecule has 21 heavy (non-hydrogen) atoms. The molecule has 0 saturated carbocycles. The summed E-state index contributed by atoms with van der Waals surface area (Å²) in [5, 5.41) is 9.11. The van der Waals surface area contributed by atoms with Crippen molar-refractivity contribution in [3.63, 3.8) is 0 Å². The molecule has 0 unspecified atom stereocenters. The maximum absolute atomic E-state index is 13.4. The molecule has 0 amide bonds. The van der Waals surface area contributed by atoms with E-state index in [1.165, 1.54) is 6.07 Å². The van der Waals surface area contributed by atoms with E-state index in [2.05, 4.69) is 9.97 Å². The van der Waals surface area contributed by atoms with Crippen LogP contribution in [0.5, 0.6) is 0 Å². The lowest BCUT2D eigenvalue weighted by atomic mass is 10.1. The number of pyridine rings is 1. The molecule has 106 valence electrons. The third-order valence-corrected chi connectivity index (χ3v) is 3.26. The van der Waals surface area contributed by atoms with Crippen LogP contribution in [0, 0.1) is 5.82 Å². The van der Waals surface area contributed by atoms with E-state index in [1.807, 2.05) is 22.9 Å². The fourth-order valence-corrected chi connectivity index (χ4v) is 2.14. The second-order valence-electron chi connectivity index (χ2n) is 4.75. The van der Waals surface area contributed by atoms with Crippen molar-refractivity contribution >= 4 is 0 Å². The topological polar surface area (TPSA) is 50.9 Å². The van der Waals surface area contributed by atoms with E-state index in [-0.39, 0.29) is 12.2 Å². The van der Waals surface area contributed by atoms with E-state index in [1.54, 1.807) is 30.9 Å². The van der Waals surface area contributed by atoms with Gasteiger partial charge in [-0.1, -0.05) is 6.07 Å². The van der Waals surface area contributed by atoms with Gasteiger partial charge < -0.3 is 9.67 Å². The fourth-order valence-electron chi connectivity index (χ4n) is 2.14. The minimum absolute atomic E-state index is 0.275. The van der Waals surface area contributed by atoms with E-state index in [4.69, 9.17) is 5.11 Å². The number of hydrogen-bond acceptors (Lipinski definition) is 3. The molecule has 5 heteroatoms. The van der Waals surface area contributed by atoms with Crippen molar-refractivity contribution in [3.05, 3.63) is 72.2 Å². The Morgan fingerprint density at radius 1 is 1.19 bits per heavy atom. The van der Waals surface area contributed by atoms with Crippen LogP contribution in [0.4, 0.5) is 4.39 Å². The van der Waals surface area contributed by atoms with Gasteiger partial charge in [0.05, 0.1) is 18.6 Å². The summed E-state index contributed by atoms with van der Waals surface area (Å²) in [7, 11) is 0. The third-order valence-electron chi connectivity index (χ3n) is 3.26. The maximum atomic E-state index is 13.4. The zero-order valence-corrected chi connectivity index (χ0v) is 11.3. The lowest BCUT2D eigenvalue weighted by molar-refractivity contribution is 0.276. The van der Waals surface area contributed by atoms with Crippen molar-refractivity contribution in [2.24, 2.45) is 0 Å². The Bertz CT molecular complexity index is 724. The van der Waals surface area contributed by atoms with Crippen molar-refractivity contribution in [1.29, 1.82) is 0 Å². The van der Waals surface area contributed by atoms with Gasteiger partial charge in [-0.2, -0.15) is 0 Å². The Balaban J connectivity index is 1.83. The molecule has 0 bridgehead atoms. The van der Waals surface area contributed by atoms with Crippen LogP contribution in [-0.4, -0.2) is 19.6 Å². The summed E-state index contributed by atoms with van der Waals surface area (Å²) in [4.78, 5) is 8.39. The van der Waals surface area contributed by atoms with Gasteiger partial charge in [0.15, 0.2) is 0 Å². The first kappa shape index (κ1) is 13.5. The Morgan fingerprint density at radius 2 is 2.10 bits per heavy atom. The predicted octanol–water partition coefficient (Wildman–Crippen LogP) is 2.62. The van der Waals surface area contributed by atoms with Crippen LogP contribution >= 0.6 is 0 Å². The molecule has 1 aromatic carbocycles. The van der Waals surface area contributed by atoms with Gasteiger partial charge in [0, 0.05) is 36.3 Å². The summed E-state index contributed by atoms with van der Waals surface area (Å²) in [6.07, 6.45) is 7.16. The van der Waals surface area contributed by atoms with Crippen LogP contribution in [0.3, 0.4) is 0 Å². The number of hydrogen-bond donors (Lipinski definition) is 1.